The molecule has 0 bridgehead atoms. The third-order valence-electron chi connectivity index (χ3n) is 12.7. The molecule has 312 valence electrons. The van der Waals surface area contributed by atoms with Crippen molar-refractivity contribution in [2.45, 2.75) is 63.5 Å². The average Bonchev–Trinajstić information content (AvgIpc) is 3.76. The van der Waals surface area contributed by atoms with E-state index in [4.69, 9.17) is 4.98 Å². The largest absolute Gasteiger partial charge is 0.356 e. The first kappa shape index (κ1) is 39.5. The van der Waals surface area contributed by atoms with Gasteiger partial charge >= 0.3 is 5.69 Å². The normalized spacial score (nSPS) is 21.5. The number of aryl methyl sites for hydroxylation is 1. The number of piperidine rings is 1. The van der Waals surface area contributed by atoms with E-state index in [2.05, 4.69) is 42.3 Å². The molecule has 2 aromatic carbocycles. The number of halogens is 2. The Morgan fingerprint density at radius 2 is 1.70 bits per heavy atom. The number of benzene rings is 2. The number of piperazine rings is 1. The third kappa shape index (κ3) is 7.79. The van der Waals surface area contributed by atoms with Gasteiger partial charge in [-0.25, -0.2) is 18.6 Å². The Morgan fingerprint density at radius 1 is 0.933 bits per heavy atom. The van der Waals surface area contributed by atoms with Crippen LogP contribution in [0.25, 0.3) is 21.9 Å². The lowest BCUT2D eigenvalue weighted by atomic mass is 9.85. The van der Waals surface area contributed by atoms with Crippen LogP contribution in [-0.2, 0) is 16.6 Å². The third-order valence-corrected chi connectivity index (χ3v) is 12.7. The van der Waals surface area contributed by atoms with E-state index in [9.17, 15) is 28.0 Å². The molecule has 4 aliphatic rings. The van der Waals surface area contributed by atoms with E-state index in [1.165, 1.54) is 9.13 Å². The molecule has 3 amide bonds. The number of amides is 3. The molecule has 5 aromatic rings. The number of aromatic nitrogens is 5. The maximum absolute atomic E-state index is 14.3. The minimum Gasteiger partial charge on any atom is -0.356 e. The molecule has 3 aliphatic heterocycles. The Kier molecular flexibility index (Phi) is 10.9. The Balaban J connectivity index is 0.774. The van der Waals surface area contributed by atoms with Crippen LogP contribution in [0.5, 0.6) is 0 Å². The molecule has 2 N–H and O–H groups in total. The van der Waals surface area contributed by atoms with E-state index < -0.39 is 30.0 Å². The summed E-state index contributed by atoms with van der Waals surface area (Å²) in [6.07, 6.45) is 3.84. The first-order chi connectivity index (χ1) is 29.1. The first-order valence-electron chi connectivity index (χ1n) is 20.9. The number of alkyl halides is 2. The number of pyridine rings is 1. The molecule has 1 atom stereocenters. The summed E-state index contributed by atoms with van der Waals surface area (Å²) in [7, 11) is 1.68. The molecule has 1 unspecified atom stereocenters. The topological polar surface area (TPSA) is 143 Å². The van der Waals surface area contributed by atoms with Crippen LogP contribution in [0.1, 0.15) is 85.1 Å². The van der Waals surface area contributed by atoms with Crippen molar-refractivity contribution in [2.75, 3.05) is 62.6 Å². The zero-order valence-electron chi connectivity index (χ0n) is 33.6. The van der Waals surface area contributed by atoms with Gasteiger partial charge in [-0.2, -0.15) is 5.10 Å². The lowest BCUT2D eigenvalue weighted by Crippen LogP contribution is -2.48. The van der Waals surface area contributed by atoms with Crippen molar-refractivity contribution < 1.29 is 23.2 Å². The molecule has 6 heterocycles. The Hall–Kier alpha value is -5.92. The van der Waals surface area contributed by atoms with Gasteiger partial charge in [0.05, 0.1) is 46.0 Å². The van der Waals surface area contributed by atoms with Gasteiger partial charge in [-0.05, 0) is 74.8 Å². The van der Waals surface area contributed by atoms with Crippen molar-refractivity contribution in [3.8, 4) is 11.8 Å². The van der Waals surface area contributed by atoms with Crippen LogP contribution < -0.4 is 21.2 Å². The minimum absolute atomic E-state index is 0.0256. The number of para-hydroxylation sites is 2. The van der Waals surface area contributed by atoms with Crippen LogP contribution >= 0.6 is 0 Å². The van der Waals surface area contributed by atoms with Gasteiger partial charge in [0, 0.05) is 70.9 Å². The van der Waals surface area contributed by atoms with Crippen molar-refractivity contribution in [2.24, 2.45) is 13.0 Å². The number of carbonyl (C=O) groups is 3. The smallest absolute Gasteiger partial charge is 0.329 e. The van der Waals surface area contributed by atoms with E-state index in [0.717, 1.165) is 89.1 Å². The Labute approximate surface area is 345 Å². The number of hydrogen-bond acceptors (Lipinski definition) is 9. The summed E-state index contributed by atoms with van der Waals surface area (Å²) in [6, 6.07) is 14.0. The van der Waals surface area contributed by atoms with Gasteiger partial charge in [0.15, 0.2) is 5.69 Å². The molecule has 9 rings (SSSR count). The number of anilines is 2. The maximum Gasteiger partial charge on any atom is 0.329 e. The number of rotatable bonds is 9. The number of nitrogens with one attached hydrogen (secondary N) is 2. The van der Waals surface area contributed by atoms with Crippen molar-refractivity contribution in [1.82, 2.24) is 39.0 Å². The molecule has 3 aromatic heterocycles. The van der Waals surface area contributed by atoms with Gasteiger partial charge in [0.1, 0.15) is 11.9 Å². The summed E-state index contributed by atoms with van der Waals surface area (Å²) in [5.74, 6) is 6.59. The van der Waals surface area contributed by atoms with Gasteiger partial charge in [-0.3, -0.25) is 38.4 Å². The molecule has 0 radical (unpaired) electrons. The molecule has 3 saturated heterocycles. The SMILES string of the molecule is Cn1c(=O)n(C2CCC(=O)NC2=O)c2cccc(C#CCN3CCN(C[C@H]4CC[C@H](n5cc(NC(=O)c6cccc7ccc(N8CCC8)nc67)c(C(F)F)n5)CC4)CC3)c21. The zero-order valence-corrected chi connectivity index (χ0v) is 33.6. The summed E-state index contributed by atoms with van der Waals surface area (Å²) < 4.78 is 33.2. The fourth-order valence-corrected chi connectivity index (χ4v) is 9.18. The maximum atomic E-state index is 14.3. The summed E-state index contributed by atoms with van der Waals surface area (Å²) in [5, 5.41) is 10.2. The second kappa shape index (κ2) is 16.6. The summed E-state index contributed by atoms with van der Waals surface area (Å²) in [4.78, 5) is 62.9. The lowest BCUT2D eigenvalue weighted by molar-refractivity contribution is -0.135. The van der Waals surface area contributed by atoms with Crippen LogP contribution in [0.15, 0.2) is 59.5 Å². The fourth-order valence-electron chi connectivity index (χ4n) is 9.18. The van der Waals surface area contributed by atoms with Gasteiger partial charge in [-0.1, -0.05) is 30.0 Å². The van der Waals surface area contributed by atoms with E-state index in [1.54, 1.807) is 30.1 Å². The minimum atomic E-state index is -2.84. The second-order valence-corrected chi connectivity index (χ2v) is 16.5. The number of carbonyl (C=O) groups excluding carboxylic acids is 3. The van der Waals surface area contributed by atoms with Crippen LogP contribution in [0.3, 0.4) is 0 Å². The predicted octanol–water partition coefficient (Wildman–Crippen LogP) is 4.86. The number of fused-ring (bicyclic) bond motifs is 2. The zero-order chi connectivity index (χ0) is 41.5. The predicted molar refractivity (Wildman–Crippen MR) is 223 cm³/mol. The molecule has 1 saturated carbocycles. The molecule has 60 heavy (non-hydrogen) atoms. The van der Waals surface area contributed by atoms with E-state index in [0.29, 0.717) is 40.1 Å². The van der Waals surface area contributed by atoms with Crippen LogP contribution in [0.4, 0.5) is 20.3 Å². The summed E-state index contributed by atoms with van der Waals surface area (Å²) in [6.45, 7) is 7.01. The summed E-state index contributed by atoms with van der Waals surface area (Å²) in [5.41, 5.74) is 2.16. The molecule has 0 spiro atoms. The van der Waals surface area contributed by atoms with Crippen LogP contribution in [0.2, 0.25) is 0 Å². The van der Waals surface area contributed by atoms with Crippen LogP contribution in [-0.4, -0.2) is 104 Å². The van der Waals surface area contributed by atoms with Crippen molar-refractivity contribution in [3.63, 3.8) is 0 Å². The average molecular weight is 819 g/mol. The first-order valence-corrected chi connectivity index (χ1v) is 20.9. The molecule has 1 aliphatic carbocycles. The van der Waals surface area contributed by atoms with E-state index in [-0.39, 0.29) is 36.2 Å². The van der Waals surface area contributed by atoms with E-state index in [1.807, 2.05) is 36.4 Å². The van der Waals surface area contributed by atoms with E-state index >= 15 is 0 Å². The number of nitrogens with zero attached hydrogens (tertiary/aromatic N) is 8. The number of hydrogen-bond donors (Lipinski definition) is 2. The standard InChI is InChI=1S/C44H48F2N10O4/c1-51-40-30(7-3-10-34(40)56(44(51)60)35-16-18-37(57)49-43(35)59)8-4-19-52-22-24-53(25-23-52)26-28-11-14-31(15-12-28)55-27-33(39(50-55)41(45)46)47-42(58)32-9-2-6-29-13-17-36(48-38(29)32)54-20-5-21-54/h2-3,6-7,9-10,13,17,27-28,31,35,41H,5,11-12,14-16,18-26H2,1H3,(H,47,58)(H,49,57,59)/t28-,31-,35?. The lowest BCUT2D eigenvalue weighted by Gasteiger charge is -2.37. The molecule has 16 heteroatoms. The van der Waals surface area contributed by atoms with Crippen LogP contribution in [0, 0.1) is 17.8 Å². The fraction of sp³-hybridized carbons (Fsp3) is 0.455. The summed E-state index contributed by atoms with van der Waals surface area (Å²) >= 11 is 0. The molecular formula is C44H48F2N10O4. The highest BCUT2D eigenvalue weighted by Gasteiger charge is 2.32. The van der Waals surface area contributed by atoms with Crippen molar-refractivity contribution >= 4 is 51.2 Å². The quantitative estimate of drug-likeness (QED) is 0.158. The monoisotopic (exact) mass is 818 g/mol. The molecule has 4 fully saturated rings. The molecular weight excluding hydrogens is 771 g/mol. The van der Waals surface area contributed by atoms with Gasteiger partial charge in [0.2, 0.25) is 11.8 Å². The highest BCUT2D eigenvalue weighted by Crippen LogP contribution is 2.36. The Bertz CT molecular complexity index is 2590. The van der Waals surface area contributed by atoms with Gasteiger partial charge < -0.3 is 15.1 Å². The second-order valence-electron chi connectivity index (χ2n) is 16.5. The number of imide groups is 1. The highest BCUT2D eigenvalue weighted by molar-refractivity contribution is 6.12. The van der Waals surface area contributed by atoms with Crippen molar-refractivity contribution in [3.05, 3.63) is 82.0 Å². The van der Waals surface area contributed by atoms with Gasteiger partial charge in [0.25, 0.3) is 12.3 Å². The Morgan fingerprint density at radius 3 is 2.43 bits per heavy atom. The number of imidazole rings is 1. The highest BCUT2D eigenvalue weighted by atomic mass is 19.3. The van der Waals surface area contributed by atoms with Crippen molar-refractivity contribution in [1.29, 1.82) is 0 Å². The van der Waals surface area contributed by atoms with Gasteiger partial charge in [-0.15, -0.1) is 0 Å². The molecule has 14 nitrogen and oxygen atoms in total.